The molecule has 0 amide bonds. The van der Waals surface area contributed by atoms with Gasteiger partial charge in [0, 0.05) is 28.8 Å². The van der Waals surface area contributed by atoms with Crippen molar-refractivity contribution in [3.8, 4) is 0 Å². The number of carbonyl (C=O) groups excluding carboxylic acids is 2. The van der Waals surface area contributed by atoms with E-state index >= 15 is 0 Å². The van der Waals surface area contributed by atoms with Crippen molar-refractivity contribution >= 4 is 29.1 Å². The number of hydrogen-bond donors (Lipinski definition) is 0. The molecular weight excluding hydrogens is 386 g/mol. The van der Waals surface area contributed by atoms with E-state index in [1.165, 1.54) is 0 Å². The number of ether oxygens (including phenoxy) is 1. The van der Waals surface area contributed by atoms with Crippen LogP contribution >= 0.6 is 11.6 Å². The van der Waals surface area contributed by atoms with Crippen LogP contribution in [0.5, 0.6) is 0 Å². The molecular formula is C24H30ClNO3. The first-order chi connectivity index (χ1) is 13.7. The molecule has 1 saturated carbocycles. The Morgan fingerprint density at radius 3 is 2.52 bits per heavy atom. The van der Waals surface area contributed by atoms with E-state index < -0.39 is 5.92 Å². The van der Waals surface area contributed by atoms with E-state index in [4.69, 9.17) is 21.3 Å². The third-order valence-corrected chi connectivity index (χ3v) is 6.05. The number of unbranched alkanes of at least 4 members (excludes halogenated alkanes) is 2. The number of carbonyl (C=O) groups is 2. The monoisotopic (exact) mass is 415 g/mol. The normalized spacial score (nSPS) is 23.5. The number of hydrogen-bond acceptors (Lipinski definition) is 4. The highest BCUT2D eigenvalue weighted by Crippen LogP contribution is 2.47. The van der Waals surface area contributed by atoms with Crippen molar-refractivity contribution in [1.29, 1.82) is 0 Å². The molecule has 5 heteroatoms. The Kier molecular flexibility index (Phi) is 6.62. The minimum absolute atomic E-state index is 0.116. The summed E-state index contributed by atoms with van der Waals surface area (Å²) in [6.07, 6.45) is 4.16. The van der Waals surface area contributed by atoms with Crippen LogP contribution in [0.4, 0.5) is 0 Å². The summed E-state index contributed by atoms with van der Waals surface area (Å²) in [6, 6.07) is 7.42. The second-order valence-corrected chi connectivity index (χ2v) is 9.37. The maximum atomic E-state index is 13.2. The molecule has 156 valence electrons. The van der Waals surface area contributed by atoms with Crippen molar-refractivity contribution in [1.82, 2.24) is 0 Å². The largest absolute Gasteiger partial charge is 0.462 e. The van der Waals surface area contributed by atoms with Gasteiger partial charge in [0.25, 0.3) is 0 Å². The SMILES string of the molecule is CCCCCOC(=O)C1=C(C)N=C2CC(C)(C)CC(=O)C2C1c1ccc(Cl)cc1. The molecule has 1 fully saturated rings. The number of Topliss-reactive ketones (excluding diaryl/α,β-unsaturated/α-hetero) is 1. The van der Waals surface area contributed by atoms with E-state index in [-0.39, 0.29) is 23.1 Å². The molecule has 0 aromatic heterocycles. The molecule has 1 aliphatic carbocycles. The number of allylic oxidation sites excluding steroid dienone is 1. The molecule has 2 aliphatic rings. The third kappa shape index (κ3) is 4.80. The van der Waals surface area contributed by atoms with Gasteiger partial charge in [0.15, 0.2) is 0 Å². The van der Waals surface area contributed by atoms with E-state index in [0.29, 0.717) is 29.3 Å². The van der Waals surface area contributed by atoms with Gasteiger partial charge < -0.3 is 4.74 Å². The van der Waals surface area contributed by atoms with Crippen molar-refractivity contribution in [3.05, 3.63) is 46.1 Å². The Labute approximate surface area is 178 Å². The van der Waals surface area contributed by atoms with Crippen LogP contribution in [0.15, 0.2) is 40.5 Å². The second-order valence-electron chi connectivity index (χ2n) is 8.94. The Morgan fingerprint density at radius 2 is 1.86 bits per heavy atom. The summed E-state index contributed by atoms with van der Waals surface area (Å²) >= 11 is 6.09. The fourth-order valence-electron chi connectivity index (χ4n) is 4.48. The average Bonchev–Trinajstić information content (AvgIpc) is 2.63. The maximum Gasteiger partial charge on any atom is 0.336 e. The molecule has 0 bridgehead atoms. The van der Waals surface area contributed by atoms with Gasteiger partial charge in [-0.3, -0.25) is 9.79 Å². The van der Waals surface area contributed by atoms with Crippen molar-refractivity contribution in [2.45, 2.75) is 65.7 Å². The number of aliphatic imine (C=N–C) groups is 1. The van der Waals surface area contributed by atoms with Crippen molar-refractivity contribution in [3.63, 3.8) is 0 Å². The zero-order chi connectivity index (χ0) is 21.2. The van der Waals surface area contributed by atoms with Crippen LogP contribution in [0.1, 0.15) is 71.3 Å². The first kappa shape index (κ1) is 21.8. The highest BCUT2D eigenvalue weighted by atomic mass is 35.5. The van der Waals surface area contributed by atoms with Crippen LogP contribution in [-0.4, -0.2) is 24.1 Å². The summed E-state index contributed by atoms with van der Waals surface area (Å²) < 4.78 is 5.58. The van der Waals surface area contributed by atoms with Gasteiger partial charge in [-0.2, -0.15) is 0 Å². The maximum absolute atomic E-state index is 13.2. The zero-order valence-electron chi connectivity index (χ0n) is 17.8. The number of rotatable bonds is 6. The molecule has 0 saturated heterocycles. The average molecular weight is 416 g/mol. The fraction of sp³-hybridized carbons (Fsp3) is 0.542. The van der Waals surface area contributed by atoms with E-state index in [9.17, 15) is 9.59 Å². The van der Waals surface area contributed by atoms with Gasteiger partial charge in [0.2, 0.25) is 0 Å². The quantitative estimate of drug-likeness (QED) is 0.430. The zero-order valence-corrected chi connectivity index (χ0v) is 18.5. The molecule has 1 heterocycles. The number of nitrogens with zero attached hydrogens (tertiary/aromatic N) is 1. The van der Waals surface area contributed by atoms with Crippen molar-refractivity contribution in [2.75, 3.05) is 6.61 Å². The minimum Gasteiger partial charge on any atom is -0.462 e. The lowest BCUT2D eigenvalue weighted by molar-refractivity contribution is -0.139. The van der Waals surface area contributed by atoms with Gasteiger partial charge in [-0.05, 0) is 42.9 Å². The van der Waals surface area contributed by atoms with Crippen LogP contribution < -0.4 is 0 Å². The van der Waals surface area contributed by atoms with Crippen LogP contribution in [0.25, 0.3) is 0 Å². The Bertz CT molecular complexity index is 851. The Balaban J connectivity index is 2.02. The standard InChI is InChI=1S/C24H30ClNO3/c1-5-6-7-12-29-23(28)20-15(2)26-18-13-24(3,4)14-19(27)22(18)21(20)16-8-10-17(25)11-9-16/h8-11,21-22H,5-7,12-14H2,1-4H3. The van der Waals surface area contributed by atoms with Crippen molar-refractivity contribution < 1.29 is 14.3 Å². The summed E-state index contributed by atoms with van der Waals surface area (Å²) in [5.41, 5.74) is 2.83. The summed E-state index contributed by atoms with van der Waals surface area (Å²) in [7, 11) is 0. The van der Waals surface area contributed by atoms with E-state index in [0.717, 1.165) is 37.0 Å². The van der Waals surface area contributed by atoms with Crippen LogP contribution in [-0.2, 0) is 14.3 Å². The number of benzene rings is 1. The number of ketones is 1. The summed E-state index contributed by atoms with van der Waals surface area (Å²) in [6.45, 7) is 8.54. The first-order valence-electron chi connectivity index (χ1n) is 10.5. The molecule has 4 nitrogen and oxygen atoms in total. The van der Waals surface area contributed by atoms with E-state index in [2.05, 4.69) is 20.8 Å². The molecule has 0 N–H and O–H groups in total. The number of fused-ring (bicyclic) bond motifs is 1. The van der Waals surface area contributed by atoms with Crippen LogP contribution in [0, 0.1) is 11.3 Å². The summed E-state index contributed by atoms with van der Waals surface area (Å²) in [4.78, 5) is 31.0. The molecule has 3 rings (SSSR count). The van der Waals surface area contributed by atoms with Crippen LogP contribution in [0.3, 0.4) is 0 Å². The molecule has 0 radical (unpaired) electrons. The lowest BCUT2D eigenvalue weighted by atomic mass is 9.63. The van der Waals surface area contributed by atoms with Gasteiger partial charge >= 0.3 is 5.97 Å². The molecule has 2 atom stereocenters. The minimum atomic E-state index is -0.411. The number of esters is 1. The molecule has 1 aromatic carbocycles. The first-order valence-corrected chi connectivity index (χ1v) is 10.8. The highest BCUT2D eigenvalue weighted by molar-refractivity contribution is 6.30. The highest BCUT2D eigenvalue weighted by Gasteiger charge is 2.47. The van der Waals surface area contributed by atoms with Gasteiger partial charge in [-0.1, -0.05) is 57.3 Å². The molecule has 1 aromatic rings. The Hall–Kier alpha value is -1.94. The molecule has 0 spiro atoms. The van der Waals surface area contributed by atoms with Gasteiger partial charge in [0.05, 0.1) is 18.1 Å². The summed E-state index contributed by atoms with van der Waals surface area (Å²) in [5, 5.41) is 0.624. The van der Waals surface area contributed by atoms with Gasteiger partial charge in [-0.25, -0.2) is 4.79 Å². The van der Waals surface area contributed by atoms with Gasteiger partial charge in [-0.15, -0.1) is 0 Å². The molecule has 2 unspecified atom stereocenters. The Morgan fingerprint density at radius 1 is 1.17 bits per heavy atom. The smallest absolute Gasteiger partial charge is 0.336 e. The lowest BCUT2D eigenvalue weighted by Gasteiger charge is -2.41. The third-order valence-electron chi connectivity index (χ3n) is 5.79. The van der Waals surface area contributed by atoms with Crippen LogP contribution in [0.2, 0.25) is 5.02 Å². The van der Waals surface area contributed by atoms with Gasteiger partial charge in [0.1, 0.15) is 5.78 Å². The predicted octanol–water partition coefficient (Wildman–Crippen LogP) is 5.89. The van der Waals surface area contributed by atoms with Crippen molar-refractivity contribution in [2.24, 2.45) is 16.3 Å². The fourth-order valence-corrected chi connectivity index (χ4v) is 4.61. The second kappa shape index (κ2) is 8.83. The molecule has 1 aliphatic heterocycles. The number of halogens is 1. The topological polar surface area (TPSA) is 55.7 Å². The summed E-state index contributed by atoms with van der Waals surface area (Å²) in [5.74, 6) is -1.00. The predicted molar refractivity (Wildman–Crippen MR) is 116 cm³/mol. The molecule has 29 heavy (non-hydrogen) atoms. The van der Waals surface area contributed by atoms with E-state index in [1.807, 2.05) is 19.1 Å². The van der Waals surface area contributed by atoms with E-state index in [1.54, 1.807) is 12.1 Å². The lowest BCUT2D eigenvalue weighted by Crippen LogP contribution is -2.44.